The fourth-order valence-electron chi connectivity index (χ4n) is 5.51. The van der Waals surface area contributed by atoms with E-state index in [4.69, 9.17) is 28.4 Å². The Kier molecular flexibility index (Phi) is 9.99. The molecule has 1 aliphatic heterocycles. The summed E-state index contributed by atoms with van der Waals surface area (Å²) < 4.78 is 33.6. The monoisotopic (exact) mass is 629 g/mol. The van der Waals surface area contributed by atoms with Crippen LogP contribution in [-0.4, -0.2) is 60.0 Å². The first-order valence-electron chi connectivity index (χ1n) is 13.4. The molecule has 220 valence electrons. The minimum Gasteiger partial charge on any atom is -0.493 e. The van der Waals surface area contributed by atoms with Crippen molar-refractivity contribution < 1.29 is 38.0 Å². The quantitative estimate of drug-likeness (QED) is 0.258. The fourth-order valence-corrected chi connectivity index (χ4v) is 6.13. The number of allylic oxidation sites excluding steroid dienone is 3. The van der Waals surface area contributed by atoms with E-state index in [0.29, 0.717) is 62.9 Å². The minimum atomic E-state index is -0.666. The van der Waals surface area contributed by atoms with Gasteiger partial charge in [0.25, 0.3) is 0 Å². The van der Waals surface area contributed by atoms with Crippen LogP contribution in [0.15, 0.2) is 57.3 Å². The Morgan fingerprint density at radius 2 is 1.63 bits per heavy atom. The fraction of sp³-hybridized carbons (Fsp3) is 0.419. The highest BCUT2D eigenvalue weighted by Crippen LogP contribution is 2.49. The van der Waals surface area contributed by atoms with E-state index in [2.05, 4.69) is 21.2 Å². The molecule has 10 heteroatoms. The first kappa shape index (κ1) is 30.5. The summed E-state index contributed by atoms with van der Waals surface area (Å²) in [6, 6.07) is 9.38. The molecule has 0 unspecified atom stereocenters. The van der Waals surface area contributed by atoms with Crippen LogP contribution in [0.2, 0.25) is 0 Å². The molecule has 41 heavy (non-hydrogen) atoms. The molecule has 2 aromatic carbocycles. The molecular formula is C31H36BrNO8. The van der Waals surface area contributed by atoms with Gasteiger partial charge in [0.15, 0.2) is 28.8 Å². The summed E-state index contributed by atoms with van der Waals surface area (Å²) in [4.78, 5) is 27.5. The number of nitrogens with one attached hydrogen (secondary N) is 1. The number of carbonyl (C=O) groups is 2. The lowest BCUT2D eigenvalue weighted by atomic mass is 9.71. The number of carbonyl (C=O) groups excluding carboxylic acids is 2. The van der Waals surface area contributed by atoms with Crippen molar-refractivity contribution in [2.45, 2.75) is 38.5 Å². The van der Waals surface area contributed by atoms with Crippen molar-refractivity contribution in [2.75, 3.05) is 48.3 Å². The van der Waals surface area contributed by atoms with Crippen LogP contribution in [0.4, 0.5) is 0 Å². The van der Waals surface area contributed by atoms with Gasteiger partial charge in [-0.2, -0.15) is 0 Å². The number of halogens is 1. The molecule has 0 fully saturated rings. The van der Waals surface area contributed by atoms with Crippen LogP contribution in [0, 0.1) is 0 Å². The minimum absolute atomic E-state index is 0.0541. The van der Waals surface area contributed by atoms with E-state index in [-0.39, 0.29) is 31.3 Å². The van der Waals surface area contributed by atoms with Crippen molar-refractivity contribution in [1.29, 1.82) is 0 Å². The number of Topliss-reactive ketones (excluding diaryl/α,β-unsaturated/α-hetero) is 1. The van der Waals surface area contributed by atoms with Gasteiger partial charge in [-0.05, 0) is 77.5 Å². The largest absolute Gasteiger partial charge is 0.493 e. The standard InChI is InChI=1S/C31H36BrNO8/c1-7-40-10-11-41-31(35)27-17(2)33-22-13-19(18-8-9-24(36-3)25(15-18)37-4)14-23(34)29(22)28(27)20-12-21(32)30(39-6)26(16-20)38-5/h8-9,12,15-16,19,28,33H,7,10-11,13-14H2,1-6H3/t19-,28-/m1/s1. The predicted molar refractivity (Wildman–Crippen MR) is 157 cm³/mol. The first-order chi connectivity index (χ1) is 19.8. The Morgan fingerprint density at radius 3 is 2.29 bits per heavy atom. The van der Waals surface area contributed by atoms with Crippen molar-refractivity contribution in [3.05, 3.63) is 68.5 Å². The second kappa shape index (κ2) is 13.4. The van der Waals surface area contributed by atoms with Crippen LogP contribution in [-0.2, 0) is 19.1 Å². The summed E-state index contributed by atoms with van der Waals surface area (Å²) in [5, 5.41) is 3.38. The Morgan fingerprint density at radius 1 is 0.927 bits per heavy atom. The zero-order chi connectivity index (χ0) is 29.7. The van der Waals surface area contributed by atoms with Crippen molar-refractivity contribution in [3.63, 3.8) is 0 Å². The lowest BCUT2D eigenvalue weighted by Crippen LogP contribution is -2.36. The van der Waals surface area contributed by atoms with E-state index >= 15 is 0 Å². The molecule has 4 rings (SSSR count). The SMILES string of the molecule is CCOCCOC(=O)C1=C(C)NC2=C(C(=O)C[C@H](c3ccc(OC)c(OC)c3)C2)[C@@H]1c1cc(Br)c(OC)c(OC)c1. The van der Waals surface area contributed by atoms with Crippen LogP contribution in [0.1, 0.15) is 49.7 Å². The maximum absolute atomic E-state index is 14.0. The Labute approximate surface area is 248 Å². The molecule has 0 spiro atoms. The lowest BCUT2D eigenvalue weighted by Gasteiger charge is -2.37. The summed E-state index contributed by atoms with van der Waals surface area (Å²) >= 11 is 3.57. The van der Waals surface area contributed by atoms with Crippen molar-refractivity contribution >= 4 is 27.7 Å². The smallest absolute Gasteiger partial charge is 0.336 e. The van der Waals surface area contributed by atoms with Crippen molar-refractivity contribution in [2.24, 2.45) is 0 Å². The van der Waals surface area contributed by atoms with E-state index in [9.17, 15) is 9.59 Å². The molecule has 9 nitrogen and oxygen atoms in total. The topological polar surface area (TPSA) is 102 Å². The van der Waals surface area contributed by atoms with Crippen LogP contribution in [0.5, 0.6) is 23.0 Å². The molecule has 2 aromatic rings. The number of dihydropyridines is 1. The summed E-state index contributed by atoms with van der Waals surface area (Å²) in [7, 11) is 6.28. The second-order valence-corrected chi connectivity index (χ2v) is 10.6. The third-order valence-electron chi connectivity index (χ3n) is 7.38. The van der Waals surface area contributed by atoms with Gasteiger partial charge >= 0.3 is 5.97 Å². The van der Waals surface area contributed by atoms with E-state index < -0.39 is 11.9 Å². The van der Waals surface area contributed by atoms with Gasteiger partial charge in [-0.1, -0.05) is 6.07 Å². The van der Waals surface area contributed by atoms with Gasteiger partial charge in [0.1, 0.15) is 6.61 Å². The number of methoxy groups -OCH3 is 4. The second-order valence-electron chi connectivity index (χ2n) is 9.70. The number of ether oxygens (including phenoxy) is 6. The van der Waals surface area contributed by atoms with E-state index in [1.54, 1.807) is 34.5 Å². The van der Waals surface area contributed by atoms with Gasteiger partial charge in [0.2, 0.25) is 0 Å². The molecular weight excluding hydrogens is 594 g/mol. The normalized spacial score (nSPS) is 18.5. The highest BCUT2D eigenvalue weighted by atomic mass is 79.9. The van der Waals surface area contributed by atoms with Gasteiger partial charge in [-0.3, -0.25) is 4.79 Å². The molecule has 1 heterocycles. The number of rotatable bonds is 11. The summed E-state index contributed by atoms with van der Waals surface area (Å²) in [6.07, 6.45) is 0.845. The molecule has 0 radical (unpaired) electrons. The highest BCUT2D eigenvalue weighted by molar-refractivity contribution is 9.10. The average Bonchev–Trinajstić information content (AvgIpc) is 2.97. The average molecular weight is 631 g/mol. The van der Waals surface area contributed by atoms with Crippen LogP contribution >= 0.6 is 15.9 Å². The third kappa shape index (κ3) is 6.23. The molecule has 1 N–H and O–H groups in total. The predicted octanol–water partition coefficient (Wildman–Crippen LogP) is 5.42. The zero-order valence-electron chi connectivity index (χ0n) is 24.2. The Bertz CT molecular complexity index is 1380. The number of hydrogen-bond acceptors (Lipinski definition) is 9. The van der Waals surface area contributed by atoms with Gasteiger partial charge < -0.3 is 33.7 Å². The van der Waals surface area contributed by atoms with Gasteiger partial charge in [-0.25, -0.2) is 4.79 Å². The first-order valence-corrected chi connectivity index (χ1v) is 14.2. The maximum atomic E-state index is 14.0. The summed E-state index contributed by atoms with van der Waals surface area (Å²) in [5.74, 6) is 0.915. The molecule has 0 aromatic heterocycles. The van der Waals surface area contributed by atoms with E-state index in [1.165, 1.54) is 0 Å². The summed E-state index contributed by atoms with van der Waals surface area (Å²) in [5.41, 5.74) is 4.00. The number of esters is 1. The molecule has 0 saturated heterocycles. The highest BCUT2D eigenvalue weighted by Gasteiger charge is 2.42. The Hall–Kier alpha value is -3.50. The Balaban J connectivity index is 1.79. The van der Waals surface area contributed by atoms with E-state index in [1.807, 2.05) is 38.1 Å². The molecule has 2 atom stereocenters. The van der Waals surface area contributed by atoms with Crippen LogP contribution < -0.4 is 24.3 Å². The van der Waals surface area contributed by atoms with Gasteiger partial charge in [0.05, 0.1) is 45.1 Å². The molecule has 0 saturated carbocycles. The maximum Gasteiger partial charge on any atom is 0.336 e. The van der Waals surface area contributed by atoms with Crippen LogP contribution in [0.3, 0.4) is 0 Å². The van der Waals surface area contributed by atoms with Crippen molar-refractivity contribution in [1.82, 2.24) is 5.32 Å². The molecule has 0 amide bonds. The summed E-state index contributed by atoms with van der Waals surface area (Å²) in [6.45, 7) is 4.62. The molecule has 1 aliphatic carbocycles. The van der Waals surface area contributed by atoms with E-state index in [0.717, 1.165) is 11.3 Å². The van der Waals surface area contributed by atoms with Gasteiger partial charge in [0, 0.05) is 35.9 Å². The van der Waals surface area contributed by atoms with Gasteiger partial charge in [-0.15, -0.1) is 0 Å². The third-order valence-corrected chi connectivity index (χ3v) is 7.97. The lowest BCUT2D eigenvalue weighted by molar-refractivity contribution is -0.140. The number of ketones is 1. The molecule has 0 bridgehead atoms. The number of hydrogen-bond donors (Lipinski definition) is 1. The zero-order valence-corrected chi connectivity index (χ0v) is 25.8. The molecule has 2 aliphatic rings. The van der Waals surface area contributed by atoms with Crippen LogP contribution in [0.25, 0.3) is 0 Å². The number of benzene rings is 2. The van der Waals surface area contributed by atoms with Crippen molar-refractivity contribution in [3.8, 4) is 23.0 Å².